The third kappa shape index (κ3) is 4.78. The molecule has 0 atom stereocenters. The van der Waals surface area contributed by atoms with Crippen molar-refractivity contribution in [3.63, 3.8) is 0 Å². The van der Waals surface area contributed by atoms with Crippen molar-refractivity contribution < 1.29 is 14.3 Å². The number of urea groups is 1. The second kappa shape index (κ2) is 10.5. The molecule has 1 N–H and O–H groups in total. The number of aromatic nitrogens is 2. The van der Waals surface area contributed by atoms with Gasteiger partial charge in [-0.3, -0.25) is 14.6 Å². The molecule has 38 heavy (non-hydrogen) atoms. The maximum Gasteiger partial charge on any atom is 0.338 e. The number of ether oxygens (including phenoxy) is 1. The van der Waals surface area contributed by atoms with Crippen LogP contribution in [0.1, 0.15) is 22.8 Å². The number of rotatable bonds is 7. The van der Waals surface area contributed by atoms with Crippen molar-refractivity contribution in [2.45, 2.75) is 13.8 Å². The first-order valence-electron chi connectivity index (χ1n) is 12.2. The van der Waals surface area contributed by atoms with E-state index in [2.05, 4.69) is 10.3 Å². The van der Waals surface area contributed by atoms with Crippen molar-refractivity contribution in [1.82, 2.24) is 9.55 Å². The Hall–Kier alpha value is -4.44. The first-order valence-corrected chi connectivity index (χ1v) is 13.1. The Morgan fingerprint density at radius 3 is 2.55 bits per heavy atom. The minimum Gasteiger partial charge on any atom is -0.462 e. The molecule has 1 saturated heterocycles. The molecule has 1 aliphatic heterocycles. The SMILES string of the molecule is CCOC(=O)c1ccc(Nc2nc(-c3cccc(N4CCN(c5ccsc5)C4=O)c3C)cn(C)c2=O)cc1. The van der Waals surface area contributed by atoms with Gasteiger partial charge in [-0.25, -0.2) is 14.6 Å². The minimum atomic E-state index is -0.402. The Balaban J connectivity index is 1.44. The van der Waals surface area contributed by atoms with Gasteiger partial charge in [0.05, 0.1) is 23.6 Å². The van der Waals surface area contributed by atoms with Gasteiger partial charge < -0.3 is 14.6 Å². The molecule has 0 saturated carbocycles. The average Bonchev–Trinajstić information content (AvgIpc) is 3.57. The fraction of sp³-hybridized carbons (Fsp3) is 0.214. The molecule has 1 fully saturated rings. The number of nitrogens with zero attached hydrogens (tertiary/aromatic N) is 4. The summed E-state index contributed by atoms with van der Waals surface area (Å²) in [4.78, 5) is 46.2. The van der Waals surface area contributed by atoms with E-state index in [4.69, 9.17) is 4.74 Å². The second-order valence-electron chi connectivity index (χ2n) is 8.83. The largest absolute Gasteiger partial charge is 0.462 e. The first kappa shape index (κ1) is 25.2. The molecule has 0 unspecified atom stereocenters. The third-order valence-corrected chi connectivity index (χ3v) is 7.10. The summed E-state index contributed by atoms with van der Waals surface area (Å²) in [6.45, 7) is 5.20. The van der Waals surface area contributed by atoms with Crippen LogP contribution in [0.25, 0.3) is 11.3 Å². The fourth-order valence-corrected chi connectivity index (χ4v) is 5.10. The van der Waals surface area contributed by atoms with Crippen LogP contribution in [0.4, 0.5) is 27.7 Å². The van der Waals surface area contributed by atoms with E-state index in [-0.39, 0.29) is 17.4 Å². The molecule has 3 heterocycles. The lowest BCUT2D eigenvalue weighted by Gasteiger charge is -2.21. The van der Waals surface area contributed by atoms with Gasteiger partial charge in [0.2, 0.25) is 0 Å². The van der Waals surface area contributed by atoms with E-state index in [9.17, 15) is 14.4 Å². The summed E-state index contributed by atoms with van der Waals surface area (Å²) in [7, 11) is 1.67. The zero-order chi connectivity index (χ0) is 26.8. The Labute approximate surface area is 223 Å². The van der Waals surface area contributed by atoms with Gasteiger partial charge >= 0.3 is 12.0 Å². The van der Waals surface area contributed by atoms with Gasteiger partial charge in [0.15, 0.2) is 5.82 Å². The normalized spacial score (nSPS) is 13.2. The number of thiophene rings is 1. The van der Waals surface area contributed by atoms with E-state index in [1.807, 2.05) is 41.9 Å². The summed E-state index contributed by atoms with van der Waals surface area (Å²) in [6, 6.07) is 14.3. The molecule has 2 aromatic heterocycles. The number of amides is 2. The van der Waals surface area contributed by atoms with Gasteiger partial charge in [-0.1, -0.05) is 12.1 Å². The molecule has 4 aromatic rings. The van der Waals surface area contributed by atoms with Crippen LogP contribution in [0.2, 0.25) is 0 Å². The van der Waals surface area contributed by atoms with Crippen molar-refractivity contribution in [3.8, 4) is 11.3 Å². The maximum absolute atomic E-state index is 13.2. The zero-order valence-electron chi connectivity index (χ0n) is 21.3. The summed E-state index contributed by atoms with van der Waals surface area (Å²) in [6.07, 6.45) is 1.69. The summed E-state index contributed by atoms with van der Waals surface area (Å²) >= 11 is 1.56. The quantitative estimate of drug-likeness (QED) is 0.331. The highest BCUT2D eigenvalue weighted by atomic mass is 32.1. The van der Waals surface area contributed by atoms with Gasteiger partial charge in [-0.05, 0) is 61.2 Å². The highest BCUT2D eigenvalue weighted by molar-refractivity contribution is 7.08. The molecule has 2 amide bonds. The average molecular weight is 530 g/mol. The molecule has 9 nitrogen and oxygen atoms in total. The zero-order valence-corrected chi connectivity index (χ0v) is 22.1. The third-order valence-electron chi connectivity index (χ3n) is 6.43. The van der Waals surface area contributed by atoms with Crippen molar-refractivity contribution in [2.24, 2.45) is 7.05 Å². The van der Waals surface area contributed by atoms with Crippen LogP contribution in [0.3, 0.4) is 0 Å². The molecule has 2 aromatic carbocycles. The van der Waals surface area contributed by atoms with Crippen LogP contribution in [-0.4, -0.2) is 41.2 Å². The van der Waals surface area contributed by atoms with Crippen molar-refractivity contribution in [1.29, 1.82) is 0 Å². The highest BCUT2D eigenvalue weighted by Crippen LogP contribution is 2.33. The van der Waals surface area contributed by atoms with Crippen LogP contribution in [0.5, 0.6) is 0 Å². The maximum atomic E-state index is 13.2. The van der Waals surface area contributed by atoms with Crippen LogP contribution >= 0.6 is 11.3 Å². The predicted molar refractivity (Wildman–Crippen MR) is 150 cm³/mol. The number of carbonyl (C=O) groups excluding carboxylic acids is 2. The molecule has 0 bridgehead atoms. The number of carbonyl (C=O) groups is 2. The van der Waals surface area contributed by atoms with Gasteiger partial charge in [0, 0.05) is 48.7 Å². The van der Waals surface area contributed by atoms with E-state index in [0.717, 1.165) is 22.5 Å². The number of hydrogen-bond donors (Lipinski definition) is 1. The molecule has 194 valence electrons. The van der Waals surface area contributed by atoms with Gasteiger partial charge in [-0.15, -0.1) is 0 Å². The van der Waals surface area contributed by atoms with Gasteiger partial charge in [-0.2, -0.15) is 11.3 Å². The molecule has 1 aliphatic rings. The molecular weight excluding hydrogens is 502 g/mol. The molecule has 0 aliphatic carbocycles. The predicted octanol–water partition coefficient (Wildman–Crippen LogP) is 5.18. The summed E-state index contributed by atoms with van der Waals surface area (Å²) in [5, 5.41) is 7.00. The Kier molecular flexibility index (Phi) is 6.97. The van der Waals surface area contributed by atoms with E-state index < -0.39 is 5.97 Å². The first-order chi connectivity index (χ1) is 18.4. The number of benzene rings is 2. The monoisotopic (exact) mass is 529 g/mol. The van der Waals surface area contributed by atoms with Crippen molar-refractivity contribution >= 4 is 46.2 Å². The fourth-order valence-electron chi connectivity index (χ4n) is 4.46. The number of esters is 1. The Morgan fingerprint density at radius 2 is 1.84 bits per heavy atom. The number of aryl methyl sites for hydroxylation is 1. The topological polar surface area (TPSA) is 96.8 Å². The summed E-state index contributed by atoms with van der Waals surface area (Å²) < 4.78 is 6.50. The van der Waals surface area contributed by atoms with Crippen LogP contribution in [0.15, 0.2) is 70.3 Å². The number of hydrogen-bond acceptors (Lipinski definition) is 7. The smallest absolute Gasteiger partial charge is 0.338 e. The van der Waals surface area contributed by atoms with Gasteiger partial charge in [0.1, 0.15) is 0 Å². The summed E-state index contributed by atoms with van der Waals surface area (Å²) in [5.74, 6) is -0.250. The summed E-state index contributed by atoms with van der Waals surface area (Å²) in [5.41, 5.74) is 4.77. The van der Waals surface area contributed by atoms with E-state index in [0.29, 0.717) is 36.6 Å². The second-order valence-corrected chi connectivity index (χ2v) is 9.61. The molecule has 0 spiro atoms. The standard InChI is InChI=1S/C28H27N5O4S/c1-4-37-27(35)19-8-10-20(11-9-19)29-25-26(34)31(3)16-23(30-25)22-6-5-7-24(18(22)2)33-14-13-32(28(33)36)21-12-15-38-17-21/h5-12,15-17H,4,13-14H2,1-3H3,(H,29,30). The highest BCUT2D eigenvalue weighted by Gasteiger charge is 2.32. The van der Waals surface area contributed by atoms with Crippen LogP contribution in [-0.2, 0) is 11.8 Å². The number of anilines is 4. The molecule has 10 heteroatoms. The van der Waals surface area contributed by atoms with Gasteiger partial charge in [0.25, 0.3) is 5.56 Å². The van der Waals surface area contributed by atoms with E-state index in [1.54, 1.807) is 65.6 Å². The minimum absolute atomic E-state index is 0.0642. The lowest BCUT2D eigenvalue weighted by Crippen LogP contribution is -2.31. The lowest BCUT2D eigenvalue weighted by molar-refractivity contribution is 0.0526. The Morgan fingerprint density at radius 1 is 1.08 bits per heavy atom. The van der Waals surface area contributed by atoms with Crippen molar-refractivity contribution in [2.75, 3.05) is 34.8 Å². The Bertz CT molecular complexity index is 1550. The number of nitrogens with one attached hydrogen (secondary N) is 1. The van der Waals surface area contributed by atoms with E-state index in [1.165, 1.54) is 4.57 Å². The molecule has 5 rings (SSSR count). The van der Waals surface area contributed by atoms with Crippen LogP contribution in [0, 0.1) is 6.92 Å². The lowest BCUT2D eigenvalue weighted by atomic mass is 10.0. The molecule has 0 radical (unpaired) electrons. The molecular formula is C28H27N5O4S. The van der Waals surface area contributed by atoms with Crippen LogP contribution < -0.4 is 20.7 Å². The van der Waals surface area contributed by atoms with E-state index >= 15 is 0 Å². The van der Waals surface area contributed by atoms with Crippen molar-refractivity contribution in [3.05, 3.63) is 87.0 Å².